The van der Waals surface area contributed by atoms with Gasteiger partial charge in [0.05, 0.1) is 12.8 Å². The molecule has 2 aliphatic rings. The van der Waals surface area contributed by atoms with Crippen LogP contribution in [0.25, 0.3) is 0 Å². The van der Waals surface area contributed by atoms with Crippen LogP contribution in [0.15, 0.2) is 23.0 Å². The van der Waals surface area contributed by atoms with Crippen molar-refractivity contribution in [3.05, 3.63) is 62.6 Å². The molecule has 1 N–H and O–H groups in total. The number of pyridine rings is 1. The second-order valence-corrected chi connectivity index (χ2v) is 9.47. The third kappa shape index (κ3) is 4.24. The number of hydrogen-bond donors (Lipinski definition) is 1. The van der Waals surface area contributed by atoms with Gasteiger partial charge in [-0.3, -0.25) is 4.79 Å². The van der Waals surface area contributed by atoms with E-state index in [4.69, 9.17) is 14.2 Å². The van der Waals surface area contributed by atoms with Gasteiger partial charge in [0.2, 0.25) is 5.82 Å². The van der Waals surface area contributed by atoms with Crippen LogP contribution in [0.3, 0.4) is 0 Å². The Labute approximate surface area is 199 Å². The Morgan fingerprint density at radius 2 is 1.83 bits per heavy atom. The lowest BCUT2D eigenvalue weighted by molar-refractivity contribution is -0.275. The Hall–Kier alpha value is -2.46. The van der Waals surface area contributed by atoms with E-state index in [0.29, 0.717) is 37.3 Å². The van der Waals surface area contributed by atoms with Crippen molar-refractivity contribution in [1.82, 2.24) is 4.98 Å². The summed E-state index contributed by atoms with van der Waals surface area (Å²) < 4.78 is 87.9. The van der Waals surface area contributed by atoms with E-state index in [-0.39, 0.29) is 22.6 Å². The van der Waals surface area contributed by atoms with Crippen LogP contribution in [0.5, 0.6) is 5.75 Å². The molecule has 4 atom stereocenters. The third-order valence-electron chi connectivity index (χ3n) is 7.46. The van der Waals surface area contributed by atoms with Crippen LogP contribution < -0.4 is 10.2 Å². The zero-order valence-corrected chi connectivity index (χ0v) is 19.9. The molecule has 2 aromatic rings. The molecule has 0 radical (unpaired) electrons. The molecule has 0 aliphatic carbocycles. The number of benzene rings is 1. The molecule has 0 amide bonds. The van der Waals surface area contributed by atoms with Gasteiger partial charge in [0.25, 0.3) is 0 Å². The van der Waals surface area contributed by atoms with Crippen molar-refractivity contribution in [2.45, 2.75) is 63.3 Å². The first-order valence-corrected chi connectivity index (χ1v) is 11.5. The maximum Gasteiger partial charge on any atom is 0.417 e. The number of aromatic amines is 1. The maximum absolute atomic E-state index is 14.7. The minimum atomic E-state index is -4.77. The molecule has 2 fully saturated rings. The van der Waals surface area contributed by atoms with Gasteiger partial charge in [0, 0.05) is 47.9 Å². The zero-order chi connectivity index (χ0) is 25.7. The molecule has 2 aliphatic heterocycles. The van der Waals surface area contributed by atoms with Gasteiger partial charge in [-0.15, -0.1) is 0 Å². The Bertz CT molecular complexity index is 1160. The van der Waals surface area contributed by atoms with Crippen molar-refractivity contribution in [3.63, 3.8) is 0 Å². The molecular weight excluding hydrogens is 473 g/mol. The molecule has 0 spiro atoms. The highest BCUT2D eigenvalue weighted by atomic mass is 19.4. The van der Waals surface area contributed by atoms with Gasteiger partial charge in [-0.1, -0.05) is 13.0 Å². The van der Waals surface area contributed by atoms with Crippen molar-refractivity contribution in [2.75, 3.05) is 20.3 Å². The Kier molecular flexibility index (Phi) is 6.74. The fourth-order valence-corrected chi connectivity index (χ4v) is 5.42. The number of aromatic nitrogens is 1. The van der Waals surface area contributed by atoms with Gasteiger partial charge in [-0.25, -0.2) is 4.39 Å². The summed E-state index contributed by atoms with van der Waals surface area (Å²) in [6.45, 7) is 4.77. The molecular formula is C25H28F5NO4. The smallest absolute Gasteiger partial charge is 0.417 e. The summed E-state index contributed by atoms with van der Waals surface area (Å²) in [4.78, 5) is 16.2. The highest BCUT2D eigenvalue weighted by molar-refractivity contribution is 5.43. The topological polar surface area (TPSA) is 60.6 Å². The summed E-state index contributed by atoms with van der Waals surface area (Å²) in [5.74, 6) is -5.52. The van der Waals surface area contributed by atoms with E-state index in [1.807, 2.05) is 0 Å². The van der Waals surface area contributed by atoms with Crippen LogP contribution in [0, 0.1) is 24.5 Å². The van der Waals surface area contributed by atoms with Crippen molar-refractivity contribution in [3.8, 4) is 5.75 Å². The minimum absolute atomic E-state index is 0.0390. The lowest BCUT2D eigenvalue weighted by Crippen LogP contribution is -2.46. The van der Waals surface area contributed by atoms with Crippen LogP contribution in [0.2, 0.25) is 0 Å². The zero-order valence-electron chi connectivity index (χ0n) is 19.9. The molecule has 0 bridgehead atoms. The van der Waals surface area contributed by atoms with Crippen molar-refractivity contribution in [2.24, 2.45) is 5.92 Å². The fourth-order valence-electron chi connectivity index (χ4n) is 5.42. The molecule has 1 aromatic carbocycles. The number of hydrogen-bond acceptors (Lipinski definition) is 4. The van der Waals surface area contributed by atoms with E-state index < -0.39 is 47.1 Å². The first-order chi connectivity index (χ1) is 16.4. The predicted molar refractivity (Wildman–Crippen MR) is 118 cm³/mol. The number of H-pyrrole nitrogens is 1. The van der Waals surface area contributed by atoms with Crippen molar-refractivity contribution in [1.29, 1.82) is 0 Å². The predicted octanol–water partition coefficient (Wildman–Crippen LogP) is 5.68. The molecule has 1 aromatic heterocycles. The molecule has 5 nitrogen and oxygen atoms in total. The number of ether oxygens (including phenoxy) is 3. The number of rotatable bonds is 4. The quantitative estimate of drug-likeness (QED) is 0.548. The molecule has 3 heterocycles. The molecule has 10 heteroatoms. The number of nitrogens with one attached hydrogen (secondary N) is 1. The Morgan fingerprint density at radius 3 is 2.43 bits per heavy atom. The third-order valence-corrected chi connectivity index (χ3v) is 7.46. The fraction of sp³-hybridized carbons (Fsp3) is 0.560. The van der Waals surface area contributed by atoms with Crippen LogP contribution in [0.4, 0.5) is 22.0 Å². The van der Waals surface area contributed by atoms with Gasteiger partial charge in [0.15, 0.2) is 22.6 Å². The second-order valence-electron chi connectivity index (χ2n) is 9.47. The van der Waals surface area contributed by atoms with Crippen LogP contribution >= 0.6 is 0 Å². The highest BCUT2D eigenvalue weighted by Crippen LogP contribution is 2.60. The standard InChI is InChI=1S/C25H28F5NO4/c1-12-11-17(32)19(14-7-9-34-10-8-14)21(31-12)23-18(13(2)24(3,35-23)25(28,29)30)15-5-6-16(26)20(27)22(15)33-4/h5-6,11,13-14,18,23H,7-10H2,1-4H3,(H,31,32)/t13-,18-,23+,24+/m0/s1. The number of halogens is 5. The second kappa shape index (κ2) is 9.20. The maximum atomic E-state index is 14.7. The average Bonchev–Trinajstić information content (AvgIpc) is 3.07. The van der Waals surface area contributed by atoms with Crippen molar-refractivity contribution < 1.29 is 36.2 Å². The van der Waals surface area contributed by atoms with E-state index in [0.717, 1.165) is 20.1 Å². The summed E-state index contributed by atoms with van der Waals surface area (Å²) in [6, 6.07) is 3.49. The van der Waals surface area contributed by atoms with Crippen LogP contribution in [0.1, 0.15) is 67.1 Å². The number of aryl methyl sites for hydroxylation is 1. The van der Waals surface area contributed by atoms with Gasteiger partial charge >= 0.3 is 6.18 Å². The van der Waals surface area contributed by atoms with E-state index >= 15 is 0 Å². The Morgan fingerprint density at radius 1 is 1.17 bits per heavy atom. The SMILES string of the molecule is COc1c([C@H]2[C@H](c3[nH]c(C)cc(=O)c3C3CCOCC3)O[C@@](C)(C(F)(F)F)[C@H]2C)ccc(F)c1F. The van der Waals surface area contributed by atoms with Gasteiger partial charge in [0.1, 0.15) is 6.10 Å². The average molecular weight is 501 g/mol. The van der Waals surface area contributed by atoms with Gasteiger partial charge < -0.3 is 19.2 Å². The van der Waals surface area contributed by atoms with Crippen LogP contribution in [-0.2, 0) is 9.47 Å². The Balaban J connectivity index is 1.97. The van der Waals surface area contributed by atoms with E-state index in [2.05, 4.69) is 4.98 Å². The minimum Gasteiger partial charge on any atom is -0.493 e. The summed E-state index contributed by atoms with van der Waals surface area (Å²) in [7, 11) is 1.13. The lowest BCUT2D eigenvalue weighted by atomic mass is 9.75. The number of alkyl halides is 3. The number of methoxy groups -OCH3 is 1. The largest absolute Gasteiger partial charge is 0.493 e. The molecule has 4 rings (SSSR count). The van der Waals surface area contributed by atoms with Crippen molar-refractivity contribution >= 4 is 0 Å². The van der Waals surface area contributed by atoms with Crippen LogP contribution in [-0.4, -0.2) is 37.1 Å². The highest BCUT2D eigenvalue weighted by Gasteiger charge is 2.65. The van der Waals surface area contributed by atoms with Gasteiger partial charge in [-0.05, 0) is 38.7 Å². The van der Waals surface area contributed by atoms with E-state index in [1.165, 1.54) is 19.1 Å². The summed E-state index contributed by atoms with van der Waals surface area (Å²) in [5.41, 5.74) is -1.87. The first kappa shape index (κ1) is 25.6. The first-order valence-electron chi connectivity index (χ1n) is 11.5. The normalized spacial score (nSPS) is 27.9. The molecule has 35 heavy (non-hydrogen) atoms. The lowest BCUT2D eigenvalue weighted by Gasteiger charge is -2.32. The monoisotopic (exact) mass is 501 g/mol. The summed E-state index contributed by atoms with van der Waals surface area (Å²) in [6.07, 6.45) is -5.01. The van der Waals surface area contributed by atoms with E-state index in [1.54, 1.807) is 6.92 Å². The molecule has 2 saturated heterocycles. The molecule has 0 unspecified atom stereocenters. The molecule has 0 saturated carbocycles. The molecule has 192 valence electrons. The summed E-state index contributed by atoms with van der Waals surface area (Å²) in [5, 5.41) is 0. The van der Waals surface area contributed by atoms with Gasteiger partial charge in [-0.2, -0.15) is 17.6 Å². The van der Waals surface area contributed by atoms with E-state index in [9.17, 15) is 26.7 Å². The summed E-state index contributed by atoms with van der Waals surface area (Å²) >= 11 is 0.